The summed E-state index contributed by atoms with van der Waals surface area (Å²) < 4.78 is 5.37. The van der Waals surface area contributed by atoms with E-state index in [9.17, 15) is 0 Å². The molecule has 3 nitrogen and oxygen atoms in total. The fourth-order valence-corrected chi connectivity index (χ4v) is 1.96. The van der Waals surface area contributed by atoms with Gasteiger partial charge in [-0.1, -0.05) is 13.3 Å². The molecule has 1 rings (SSSR count). The first-order valence-electron chi connectivity index (χ1n) is 5.29. The van der Waals surface area contributed by atoms with Gasteiger partial charge in [-0.15, -0.1) is 0 Å². The van der Waals surface area contributed by atoms with Crippen LogP contribution in [0.25, 0.3) is 0 Å². The van der Waals surface area contributed by atoms with Crippen molar-refractivity contribution < 1.29 is 4.74 Å². The zero-order valence-electron chi connectivity index (χ0n) is 8.83. The topological polar surface area (TPSA) is 38.5 Å². The molecular weight excluding hydrogens is 164 g/mol. The van der Waals surface area contributed by atoms with E-state index in [0.29, 0.717) is 12.1 Å². The van der Waals surface area contributed by atoms with Crippen molar-refractivity contribution in [1.82, 2.24) is 4.90 Å². The highest BCUT2D eigenvalue weighted by molar-refractivity contribution is 4.79. The Hall–Kier alpha value is -0.120. The Bertz CT molecular complexity index is 135. The second-order valence-corrected chi connectivity index (χ2v) is 3.86. The maximum Gasteiger partial charge on any atom is 0.0622 e. The third-order valence-electron chi connectivity index (χ3n) is 2.95. The second kappa shape index (κ2) is 5.58. The summed E-state index contributed by atoms with van der Waals surface area (Å²) >= 11 is 0. The van der Waals surface area contributed by atoms with Crippen molar-refractivity contribution in [1.29, 1.82) is 0 Å². The molecule has 2 unspecified atom stereocenters. The number of hydrogen-bond acceptors (Lipinski definition) is 3. The Kier molecular flexibility index (Phi) is 4.70. The van der Waals surface area contributed by atoms with E-state index in [-0.39, 0.29) is 0 Å². The van der Waals surface area contributed by atoms with Gasteiger partial charge in [-0.2, -0.15) is 0 Å². The van der Waals surface area contributed by atoms with Crippen LogP contribution in [-0.2, 0) is 4.74 Å². The highest BCUT2D eigenvalue weighted by Gasteiger charge is 2.24. The molecule has 13 heavy (non-hydrogen) atoms. The van der Waals surface area contributed by atoms with Gasteiger partial charge in [-0.05, 0) is 19.9 Å². The van der Waals surface area contributed by atoms with Gasteiger partial charge in [-0.25, -0.2) is 0 Å². The van der Waals surface area contributed by atoms with Gasteiger partial charge >= 0.3 is 0 Å². The van der Waals surface area contributed by atoms with Crippen LogP contribution in [0.4, 0.5) is 0 Å². The molecule has 0 spiro atoms. The molecule has 0 amide bonds. The maximum absolute atomic E-state index is 5.74. The summed E-state index contributed by atoms with van der Waals surface area (Å²) in [6, 6.07) is 1.14. The SMILES string of the molecule is CCCC(CN)N(C)C1CCOC1. The van der Waals surface area contributed by atoms with Crippen molar-refractivity contribution in [2.45, 2.75) is 38.3 Å². The van der Waals surface area contributed by atoms with Gasteiger partial charge in [-0.3, -0.25) is 4.90 Å². The highest BCUT2D eigenvalue weighted by atomic mass is 16.5. The first-order valence-corrected chi connectivity index (χ1v) is 5.29. The number of rotatable bonds is 5. The first kappa shape index (κ1) is 11.0. The minimum atomic E-state index is 0.539. The van der Waals surface area contributed by atoms with Crippen molar-refractivity contribution in [3.8, 4) is 0 Å². The minimum Gasteiger partial charge on any atom is -0.380 e. The number of likely N-dealkylation sites (N-methyl/N-ethyl adjacent to an activating group) is 1. The average molecular weight is 186 g/mol. The Morgan fingerprint density at radius 3 is 2.85 bits per heavy atom. The smallest absolute Gasteiger partial charge is 0.0622 e. The summed E-state index contributed by atoms with van der Waals surface area (Å²) in [4.78, 5) is 2.40. The number of nitrogens with zero attached hydrogens (tertiary/aromatic N) is 1. The largest absolute Gasteiger partial charge is 0.380 e. The molecule has 0 aromatic rings. The van der Waals surface area contributed by atoms with Gasteiger partial charge in [0.1, 0.15) is 0 Å². The van der Waals surface area contributed by atoms with E-state index < -0.39 is 0 Å². The summed E-state index contributed by atoms with van der Waals surface area (Å²) in [5.41, 5.74) is 5.74. The van der Waals surface area contributed by atoms with Crippen LogP contribution in [0.5, 0.6) is 0 Å². The molecule has 1 saturated heterocycles. The summed E-state index contributed by atoms with van der Waals surface area (Å²) in [6.45, 7) is 4.78. The molecule has 0 saturated carbocycles. The van der Waals surface area contributed by atoms with Gasteiger partial charge in [0.25, 0.3) is 0 Å². The number of nitrogens with two attached hydrogens (primary N) is 1. The number of ether oxygens (including phenoxy) is 1. The van der Waals surface area contributed by atoms with Crippen LogP contribution in [0.2, 0.25) is 0 Å². The molecular formula is C10H22N2O. The molecule has 0 aliphatic carbocycles. The third-order valence-corrected chi connectivity index (χ3v) is 2.95. The fourth-order valence-electron chi connectivity index (χ4n) is 1.96. The van der Waals surface area contributed by atoms with Gasteiger partial charge in [0, 0.05) is 25.2 Å². The monoisotopic (exact) mass is 186 g/mol. The predicted molar refractivity (Wildman–Crippen MR) is 54.7 cm³/mol. The molecule has 1 aliphatic heterocycles. The van der Waals surface area contributed by atoms with Gasteiger partial charge < -0.3 is 10.5 Å². The summed E-state index contributed by atoms with van der Waals surface area (Å²) in [6.07, 6.45) is 3.57. The molecule has 78 valence electrons. The highest BCUT2D eigenvalue weighted by Crippen LogP contribution is 2.15. The normalized spacial score (nSPS) is 25.4. The lowest BCUT2D eigenvalue weighted by molar-refractivity contribution is 0.130. The standard InChI is InChI=1S/C10H22N2O/c1-3-4-9(7-11)12(2)10-5-6-13-8-10/h9-10H,3-8,11H2,1-2H3. The zero-order valence-corrected chi connectivity index (χ0v) is 8.83. The van der Waals surface area contributed by atoms with Crippen LogP contribution in [-0.4, -0.2) is 43.8 Å². The van der Waals surface area contributed by atoms with Gasteiger partial charge in [0.2, 0.25) is 0 Å². The van der Waals surface area contributed by atoms with E-state index in [1.165, 1.54) is 12.8 Å². The minimum absolute atomic E-state index is 0.539. The van der Waals surface area contributed by atoms with E-state index in [0.717, 1.165) is 26.2 Å². The molecule has 0 radical (unpaired) electrons. The van der Waals surface area contributed by atoms with E-state index in [1.807, 2.05) is 0 Å². The van der Waals surface area contributed by atoms with Gasteiger partial charge in [0.15, 0.2) is 0 Å². The van der Waals surface area contributed by atoms with Gasteiger partial charge in [0.05, 0.1) is 6.61 Å². The lowest BCUT2D eigenvalue weighted by Crippen LogP contribution is -2.44. The second-order valence-electron chi connectivity index (χ2n) is 3.86. The molecule has 3 heteroatoms. The van der Waals surface area contributed by atoms with Crippen molar-refractivity contribution >= 4 is 0 Å². The van der Waals surface area contributed by atoms with Crippen LogP contribution >= 0.6 is 0 Å². The molecule has 0 aromatic carbocycles. The Labute approximate surface area is 81.2 Å². The maximum atomic E-state index is 5.74. The Balaban J connectivity index is 2.37. The lowest BCUT2D eigenvalue weighted by Gasteiger charge is -2.31. The first-order chi connectivity index (χ1) is 6.29. The molecule has 1 heterocycles. The van der Waals surface area contributed by atoms with Crippen LogP contribution in [0, 0.1) is 0 Å². The Morgan fingerprint density at radius 2 is 2.38 bits per heavy atom. The van der Waals surface area contributed by atoms with Crippen LogP contribution in [0.1, 0.15) is 26.2 Å². The molecule has 0 bridgehead atoms. The summed E-state index contributed by atoms with van der Waals surface area (Å²) in [7, 11) is 2.17. The fraction of sp³-hybridized carbons (Fsp3) is 1.00. The third kappa shape index (κ3) is 2.93. The van der Waals surface area contributed by atoms with Crippen molar-refractivity contribution in [3.05, 3.63) is 0 Å². The van der Waals surface area contributed by atoms with E-state index in [2.05, 4.69) is 18.9 Å². The van der Waals surface area contributed by atoms with E-state index >= 15 is 0 Å². The van der Waals surface area contributed by atoms with Crippen molar-refractivity contribution in [3.63, 3.8) is 0 Å². The van der Waals surface area contributed by atoms with Crippen LogP contribution < -0.4 is 5.73 Å². The number of hydrogen-bond donors (Lipinski definition) is 1. The molecule has 2 atom stereocenters. The Morgan fingerprint density at radius 1 is 1.62 bits per heavy atom. The predicted octanol–water partition coefficient (Wildman–Crippen LogP) is 0.834. The molecule has 2 N–H and O–H groups in total. The zero-order chi connectivity index (χ0) is 9.68. The molecule has 1 fully saturated rings. The quantitative estimate of drug-likeness (QED) is 0.691. The molecule has 1 aliphatic rings. The molecule has 0 aromatic heterocycles. The summed E-state index contributed by atoms with van der Waals surface area (Å²) in [5, 5.41) is 0. The van der Waals surface area contributed by atoms with Crippen LogP contribution in [0.3, 0.4) is 0 Å². The van der Waals surface area contributed by atoms with Crippen LogP contribution in [0.15, 0.2) is 0 Å². The average Bonchev–Trinajstić information content (AvgIpc) is 2.65. The lowest BCUT2D eigenvalue weighted by atomic mass is 10.1. The van der Waals surface area contributed by atoms with E-state index in [4.69, 9.17) is 10.5 Å². The van der Waals surface area contributed by atoms with E-state index in [1.54, 1.807) is 0 Å². The summed E-state index contributed by atoms with van der Waals surface area (Å²) in [5.74, 6) is 0. The van der Waals surface area contributed by atoms with Crippen molar-refractivity contribution in [2.75, 3.05) is 26.8 Å². The van der Waals surface area contributed by atoms with Crippen molar-refractivity contribution in [2.24, 2.45) is 5.73 Å².